The molecule has 2 aliphatic heterocycles. The monoisotopic (exact) mass is 444 g/mol. The molecular formula is C24H29ClN2O4. The third kappa shape index (κ3) is 4.19. The minimum atomic E-state index is -0.233. The smallest absolute Gasteiger partial charge is 0.238 e. The molecule has 2 aromatic carbocycles. The molecule has 1 fully saturated rings. The number of rotatable bonds is 5. The Morgan fingerprint density at radius 3 is 2.35 bits per heavy atom. The SMILES string of the molecule is COc1cc2c(cc1OC)[C@@H](c1ccc(N3CCOCC3)cc1)N(C(=O)CCl)[C@@H](C)C2. The highest BCUT2D eigenvalue weighted by Gasteiger charge is 2.37. The predicted molar refractivity (Wildman–Crippen MR) is 122 cm³/mol. The predicted octanol–water partition coefficient (Wildman–Crippen LogP) is 3.64. The molecule has 166 valence electrons. The standard InChI is InChI=1S/C24H29ClN2O4/c1-16-12-18-13-21(29-2)22(30-3)14-20(18)24(27(16)23(28)15-25)17-4-6-19(7-5-17)26-8-10-31-11-9-26/h4-7,13-14,16,24H,8-12,15H2,1-3H3/t16-,24+/m0/s1. The van der Waals surface area contributed by atoms with E-state index >= 15 is 0 Å². The lowest BCUT2D eigenvalue weighted by atomic mass is 9.84. The number of fused-ring (bicyclic) bond motifs is 1. The van der Waals surface area contributed by atoms with Crippen LogP contribution in [0.2, 0.25) is 0 Å². The van der Waals surface area contributed by atoms with Gasteiger partial charge in [-0.3, -0.25) is 4.79 Å². The molecule has 0 aliphatic carbocycles. The number of ether oxygens (including phenoxy) is 3. The number of halogens is 1. The molecule has 7 heteroatoms. The number of alkyl halides is 1. The average Bonchev–Trinajstić information content (AvgIpc) is 2.82. The van der Waals surface area contributed by atoms with Crippen molar-refractivity contribution in [1.29, 1.82) is 0 Å². The fourth-order valence-corrected chi connectivity index (χ4v) is 4.82. The van der Waals surface area contributed by atoms with Crippen LogP contribution in [0.4, 0.5) is 5.69 Å². The van der Waals surface area contributed by atoms with Crippen molar-refractivity contribution >= 4 is 23.2 Å². The van der Waals surface area contributed by atoms with Gasteiger partial charge in [-0.25, -0.2) is 0 Å². The van der Waals surface area contributed by atoms with Gasteiger partial charge in [-0.15, -0.1) is 11.6 Å². The molecule has 2 aromatic rings. The molecule has 1 saturated heterocycles. The number of hydrogen-bond acceptors (Lipinski definition) is 5. The first-order chi connectivity index (χ1) is 15.1. The van der Waals surface area contributed by atoms with E-state index in [1.807, 2.05) is 17.0 Å². The summed E-state index contributed by atoms with van der Waals surface area (Å²) in [5.74, 6) is 1.24. The normalized spacial score (nSPS) is 20.9. The number of hydrogen-bond donors (Lipinski definition) is 0. The minimum Gasteiger partial charge on any atom is -0.493 e. The van der Waals surface area contributed by atoms with Gasteiger partial charge in [-0.05, 0) is 54.3 Å². The van der Waals surface area contributed by atoms with Crippen LogP contribution in [0.5, 0.6) is 11.5 Å². The number of methoxy groups -OCH3 is 2. The van der Waals surface area contributed by atoms with Crippen molar-refractivity contribution < 1.29 is 19.0 Å². The third-order valence-electron chi connectivity index (χ3n) is 6.20. The zero-order chi connectivity index (χ0) is 22.0. The van der Waals surface area contributed by atoms with Crippen molar-refractivity contribution in [3.8, 4) is 11.5 Å². The van der Waals surface area contributed by atoms with Gasteiger partial charge in [-0.1, -0.05) is 12.1 Å². The highest BCUT2D eigenvalue weighted by Crippen LogP contribution is 2.43. The minimum absolute atomic E-state index is 0.0146. The van der Waals surface area contributed by atoms with Gasteiger partial charge in [-0.2, -0.15) is 0 Å². The van der Waals surface area contributed by atoms with Crippen molar-refractivity contribution in [3.05, 3.63) is 53.1 Å². The Kier molecular flexibility index (Phi) is 6.58. The average molecular weight is 445 g/mol. The molecule has 4 rings (SSSR count). The van der Waals surface area contributed by atoms with Crippen LogP contribution in [0.15, 0.2) is 36.4 Å². The highest BCUT2D eigenvalue weighted by atomic mass is 35.5. The number of morpholine rings is 1. The van der Waals surface area contributed by atoms with Gasteiger partial charge in [0.1, 0.15) is 5.88 Å². The number of carbonyl (C=O) groups excluding carboxylic acids is 1. The van der Waals surface area contributed by atoms with Crippen LogP contribution in [0.3, 0.4) is 0 Å². The van der Waals surface area contributed by atoms with Crippen LogP contribution in [0, 0.1) is 0 Å². The zero-order valence-corrected chi connectivity index (χ0v) is 19.0. The van der Waals surface area contributed by atoms with E-state index in [9.17, 15) is 4.79 Å². The largest absolute Gasteiger partial charge is 0.493 e. The van der Waals surface area contributed by atoms with E-state index in [4.69, 9.17) is 25.8 Å². The van der Waals surface area contributed by atoms with Gasteiger partial charge in [0.25, 0.3) is 0 Å². The van der Waals surface area contributed by atoms with Crippen LogP contribution in [0.1, 0.15) is 29.7 Å². The summed E-state index contributed by atoms with van der Waals surface area (Å²) in [4.78, 5) is 17.1. The Morgan fingerprint density at radius 2 is 1.74 bits per heavy atom. The van der Waals surface area contributed by atoms with Crippen LogP contribution in [-0.2, 0) is 16.0 Å². The van der Waals surface area contributed by atoms with Gasteiger partial charge < -0.3 is 24.0 Å². The summed E-state index contributed by atoms with van der Waals surface area (Å²) < 4.78 is 16.5. The molecule has 0 bridgehead atoms. The second kappa shape index (κ2) is 9.37. The van der Waals surface area contributed by atoms with Crippen molar-refractivity contribution in [2.45, 2.75) is 25.4 Å². The summed E-state index contributed by atoms with van der Waals surface area (Å²) in [6.45, 7) is 5.33. The van der Waals surface area contributed by atoms with E-state index < -0.39 is 0 Å². The van der Waals surface area contributed by atoms with Gasteiger partial charge in [0.15, 0.2) is 11.5 Å². The van der Waals surface area contributed by atoms with E-state index in [-0.39, 0.29) is 23.9 Å². The first kappa shape index (κ1) is 21.8. The summed E-state index contributed by atoms with van der Waals surface area (Å²) in [5, 5.41) is 0. The highest BCUT2D eigenvalue weighted by molar-refractivity contribution is 6.27. The molecule has 0 aromatic heterocycles. The van der Waals surface area contributed by atoms with E-state index in [0.717, 1.165) is 49.4 Å². The molecule has 0 spiro atoms. The molecule has 2 atom stereocenters. The first-order valence-electron chi connectivity index (χ1n) is 10.6. The molecule has 0 unspecified atom stereocenters. The van der Waals surface area contributed by atoms with Crippen molar-refractivity contribution in [2.75, 3.05) is 51.3 Å². The van der Waals surface area contributed by atoms with Crippen molar-refractivity contribution in [2.24, 2.45) is 0 Å². The Labute approximate surface area is 188 Å². The van der Waals surface area contributed by atoms with Crippen molar-refractivity contribution in [3.63, 3.8) is 0 Å². The number of anilines is 1. The number of amides is 1. The molecule has 0 saturated carbocycles. The van der Waals surface area contributed by atoms with E-state index in [1.165, 1.54) is 5.69 Å². The summed E-state index contributed by atoms with van der Waals surface area (Å²) >= 11 is 6.01. The van der Waals surface area contributed by atoms with E-state index in [0.29, 0.717) is 11.5 Å². The quantitative estimate of drug-likeness (QED) is 0.659. The Morgan fingerprint density at radius 1 is 1.10 bits per heavy atom. The molecule has 1 amide bonds. The number of nitrogens with zero attached hydrogens (tertiary/aromatic N) is 2. The number of benzene rings is 2. The lowest BCUT2D eigenvalue weighted by Crippen LogP contribution is -2.47. The summed E-state index contributed by atoms with van der Waals surface area (Å²) in [5.41, 5.74) is 4.42. The summed E-state index contributed by atoms with van der Waals surface area (Å²) in [7, 11) is 3.27. The van der Waals surface area contributed by atoms with Crippen LogP contribution in [-0.4, -0.2) is 63.3 Å². The van der Waals surface area contributed by atoms with E-state index in [1.54, 1.807) is 14.2 Å². The van der Waals surface area contributed by atoms with Crippen LogP contribution < -0.4 is 14.4 Å². The molecule has 6 nitrogen and oxygen atoms in total. The van der Waals surface area contributed by atoms with Crippen LogP contribution >= 0.6 is 11.6 Å². The molecule has 31 heavy (non-hydrogen) atoms. The fourth-order valence-electron chi connectivity index (χ4n) is 4.68. The van der Waals surface area contributed by atoms with Gasteiger partial charge >= 0.3 is 0 Å². The van der Waals surface area contributed by atoms with E-state index in [2.05, 4.69) is 36.1 Å². The van der Waals surface area contributed by atoms with Gasteiger partial charge in [0, 0.05) is 24.8 Å². The Hall–Kier alpha value is -2.44. The summed E-state index contributed by atoms with van der Waals surface area (Å²) in [6.07, 6.45) is 0.737. The molecular weight excluding hydrogens is 416 g/mol. The first-order valence-corrected chi connectivity index (χ1v) is 11.2. The Balaban J connectivity index is 1.77. The van der Waals surface area contributed by atoms with Crippen molar-refractivity contribution in [1.82, 2.24) is 4.90 Å². The zero-order valence-electron chi connectivity index (χ0n) is 18.3. The molecule has 0 N–H and O–H groups in total. The topological polar surface area (TPSA) is 51.2 Å². The molecule has 0 radical (unpaired) electrons. The maximum Gasteiger partial charge on any atom is 0.238 e. The fraction of sp³-hybridized carbons (Fsp3) is 0.458. The molecule has 2 heterocycles. The Bertz CT molecular complexity index is 928. The second-order valence-corrected chi connectivity index (χ2v) is 8.25. The maximum absolute atomic E-state index is 12.9. The van der Waals surface area contributed by atoms with Crippen LogP contribution in [0.25, 0.3) is 0 Å². The number of carbonyl (C=O) groups is 1. The second-order valence-electron chi connectivity index (χ2n) is 7.99. The van der Waals surface area contributed by atoms with Gasteiger partial charge in [0.05, 0.1) is 33.5 Å². The third-order valence-corrected chi connectivity index (χ3v) is 6.42. The maximum atomic E-state index is 12.9. The lowest BCUT2D eigenvalue weighted by molar-refractivity contribution is -0.132. The molecule has 2 aliphatic rings. The lowest BCUT2D eigenvalue weighted by Gasteiger charge is -2.42. The summed E-state index contributed by atoms with van der Waals surface area (Å²) in [6, 6.07) is 12.3. The van der Waals surface area contributed by atoms with Gasteiger partial charge in [0.2, 0.25) is 5.91 Å².